The number of nitrogens with one attached hydrogen (secondary N) is 2. The second-order valence-electron chi connectivity index (χ2n) is 8.61. The molecule has 4 rings (SSSR count). The van der Waals surface area contributed by atoms with Gasteiger partial charge < -0.3 is 15.1 Å². The first-order valence-electron chi connectivity index (χ1n) is 11.6. The minimum Gasteiger partial charge on any atom is -0.711 e. The number of imide groups is 2. The number of hydrogen-bond donors (Lipinski definition) is 3. The van der Waals surface area contributed by atoms with E-state index in [9.17, 15) is 24.7 Å². The van der Waals surface area contributed by atoms with E-state index in [0.29, 0.717) is 34.0 Å². The zero-order valence-corrected chi connectivity index (χ0v) is 20.1. The Kier molecular flexibility index (Phi) is 7.35. The number of carbonyl (C=O) groups excluding carboxylic acids is 3. The molecule has 3 aromatic rings. The number of aliphatic hydroxyl groups excluding tert-OH is 1. The molecule has 1 aliphatic heterocycles. The molecule has 0 spiro atoms. The number of benzene rings is 2. The van der Waals surface area contributed by atoms with Crippen LogP contribution in [0.2, 0.25) is 0 Å². The summed E-state index contributed by atoms with van der Waals surface area (Å²) in [7, 11) is 0. The van der Waals surface area contributed by atoms with Crippen LogP contribution in [0.5, 0.6) is 5.75 Å². The third kappa shape index (κ3) is 4.94. The zero-order valence-electron chi connectivity index (χ0n) is 20.1. The van der Waals surface area contributed by atoms with Gasteiger partial charge in [0.2, 0.25) is 11.8 Å². The molecule has 0 radical (unpaired) electrons. The van der Waals surface area contributed by atoms with Gasteiger partial charge in [0, 0.05) is 20.3 Å². The quantitative estimate of drug-likeness (QED) is 0.235. The number of imidazole rings is 1. The number of urea groups is 1. The largest absolute Gasteiger partial charge is 0.711 e. The zero-order chi connectivity index (χ0) is 25.8. The van der Waals surface area contributed by atoms with Crippen molar-refractivity contribution in [1.82, 2.24) is 15.2 Å². The first kappa shape index (κ1) is 24.9. The van der Waals surface area contributed by atoms with Crippen LogP contribution in [0, 0.1) is 25.0 Å². The van der Waals surface area contributed by atoms with Crippen molar-refractivity contribution in [3.05, 3.63) is 88.1 Å². The summed E-state index contributed by atoms with van der Waals surface area (Å²) < 4.78 is 8.14. The molecular formula is C26H28N4O6. The van der Waals surface area contributed by atoms with Gasteiger partial charge in [0.25, 0.3) is 5.82 Å². The van der Waals surface area contributed by atoms with Crippen molar-refractivity contribution in [3.63, 3.8) is 0 Å². The Bertz CT molecular complexity index is 1250. The van der Waals surface area contributed by atoms with Gasteiger partial charge in [-0.3, -0.25) is 20.2 Å². The van der Waals surface area contributed by atoms with Crippen LogP contribution in [0.3, 0.4) is 0 Å². The Hall–Kier alpha value is -4.18. The SMILES string of the molecule is Cc1c(C)[n+]([O-])c(C(c2ccc(OCCc3ccccc3)cc2)C2C(=O)NC(=O)NC2=O)n1CCO. The molecule has 3 N–H and O–H groups in total. The normalized spacial score (nSPS) is 14.9. The van der Waals surface area contributed by atoms with Gasteiger partial charge in [-0.15, -0.1) is 0 Å². The third-order valence-electron chi connectivity index (χ3n) is 6.43. The fourth-order valence-electron chi connectivity index (χ4n) is 4.50. The first-order chi connectivity index (χ1) is 17.3. The van der Waals surface area contributed by atoms with Crippen LogP contribution < -0.4 is 20.1 Å². The highest BCUT2D eigenvalue weighted by atomic mass is 16.5. The molecule has 1 atom stereocenters. The summed E-state index contributed by atoms with van der Waals surface area (Å²) in [4.78, 5) is 37.3. The monoisotopic (exact) mass is 492 g/mol. The lowest BCUT2D eigenvalue weighted by atomic mass is 9.83. The molecule has 2 heterocycles. The van der Waals surface area contributed by atoms with E-state index >= 15 is 0 Å². The van der Waals surface area contributed by atoms with Gasteiger partial charge in [-0.1, -0.05) is 42.5 Å². The van der Waals surface area contributed by atoms with Crippen molar-refractivity contribution in [2.75, 3.05) is 13.2 Å². The van der Waals surface area contributed by atoms with Crippen LogP contribution in [0.1, 0.15) is 34.3 Å². The van der Waals surface area contributed by atoms with Crippen molar-refractivity contribution in [1.29, 1.82) is 0 Å². The molecule has 188 valence electrons. The summed E-state index contributed by atoms with van der Waals surface area (Å²) in [6.07, 6.45) is 0.727. The van der Waals surface area contributed by atoms with E-state index in [1.165, 1.54) is 0 Å². The van der Waals surface area contributed by atoms with E-state index in [1.807, 2.05) is 30.3 Å². The van der Waals surface area contributed by atoms with Crippen molar-refractivity contribution in [2.45, 2.75) is 32.7 Å². The van der Waals surface area contributed by atoms with E-state index in [0.717, 1.165) is 12.0 Å². The fraction of sp³-hybridized carbons (Fsp3) is 0.308. The van der Waals surface area contributed by atoms with Crippen LogP contribution in [0.4, 0.5) is 4.79 Å². The number of amides is 4. The standard InChI is InChI=1S/C26H28N4O6/c1-16-17(2)30(35)25(29(16)13-14-31)21(22-23(32)27-26(34)28-24(22)33)19-8-10-20(11-9-19)36-15-12-18-6-4-3-5-7-18/h3-11,21-22,31H,12-15H2,1-2H3,(H2,27,28,32,33,34). The van der Waals surface area contributed by atoms with Crippen LogP contribution in [0.15, 0.2) is 54.6 Å². The molecule has 36 heavy (non-hydrogen) atoms. The predicted octanol–water partition coefficient (Wildman–Crippen LogP) is 1.47. The maximum atomic E-state index is 13.2. The van der Waals surface area contributed by atoms with E-state index in [-0.39, 0.29) is 19.0 Å². The average Bonchev–Trinajstić information content (AvgIpc) is 3.06. The van der Waals surface area contributed by atoms with Crippen LogP contribution in [-0.4, -0.2) is 40.7 Å². The Labute approximate surface area is 208 Å². The maximum Gasteiger partial charge on any atom is 0.328 e. The highest BCUT2D eigenvalue weighted by Gasteiger charge is 2.47. The summed E-state index contributed by atoms with van der Waals surface area (Å²) in [5.41, 5.74) is 2.65. The lowest BCUT2D eigenvalue weighted by Crippen LogP contribution is -2.58. The predicted molar refractivity (Wildman–Crippen MR) is 129 cm³/mol. The highest BCUT2D eigenvalue weighted by Crippen LogP contribution is 2.34. The number of carbonyl (C=O) groups is 3. The topological polar surface area (TPSA) is 137 Å². The molecule has 1 fully saturated rings. The van der Waals surface area contributed by atoms with Gasteiger partial charge in [0.05, 0.1) is 13.2 Å². The van der Waals surface area contributed by atoms with Crippen LogP contribution >= 0.6 is 0 Å². The molecule has 0 bridgehead atoms. The van der Waals surface area contributed by atoms with Crippen LogP contribution in [-0.2, 0) is 22.6 Å². The third-order valence-corrected chi connectivity index (χ3v) is 6.43. The molecule has 1 unspecified atom stereocenters. The van der Waals surface area contributed by atoms with E-state index in [2.05, 4.69) is 10.6 Å². The second-order valence-corrected chi connectivity index (χ2v) is 8.61. The number of ether oxygens (including phenoxy) is 1. The summed E-state index contributed by atoms with van der Waals surface area (Å²) in [5, 5.41) is 27.1. The minimum atomic E-state index is -1.38. The number of aliphatic hydroxyl groups is 1. The Morgan fingerprint density at radius 2 is 1.67 bits per heavy atom. The molecule has 10 nitrogen and oxygen atoms in total. The first-order valence-corrected chi connectivity index (χ1v) is 11.6. The minimum absolute atomic E-state index is 0.101. The van der Waals surface area contributed by atoms with Gasteiger partial charge in [0.1, 0.15) is 35.5 Å². The number of nitrogens with zero attached hydrogens (tertiary/aromatic N) is 2. The van der Waals surface area contributed by atoms with E-state index in [1.54, 1.807) is 42.7 Å². The lowest BCUT2D eigenvalue weighted by Gasteiger charge is -2.27. The maximum absolute atomic E-state index is 13.2. The molecule has 2 aromatic carbocycles. The van der Waals surface area contributed by atoms with Crippen molar-refractivity contribution >= 4 is 17.8 Å². The molecule has 1 aliphatic rings. The summed E-state index contributed by atoms with van der Waals surface area (Å²) in [5.74, 6) is -3.28. The number of rotatable bonds is 9. The van der Waals surface area contributed by atoms with E-state index in [4.69, 9.17) is 4.74 Å². The van der Waals surface area contributed by atoms with Gasteiger partial charge in [-0.05, 0) is 23.3 Å². The Morgan fingerprint density at radius 1 is 1.03 bits per heavy atom. The molecule has 4 amide bonds. The molecule has 0 saturated carbocycles. The summed E-state index contributed by atoms with van der Waals surface area (Å²) in [6.45, 7) is 3.67. The van der Waals surface area contributed by atoms with Gasteiger partial charge in [0.15, 0.2) is 0 Å². The smallest absolute Gasteiger partial charge is 0.328 e. The highest BCUT2D eigenvalue weighted by molar-refractivity contribution is 6.16. The fourth-order valence-corrected chi connectivity index (χ4v) is 4.50. The molecule has 0 aliphatic carbocycles. The van der Waals surface area contributed by atoms with Gasteiger partial charge in [-0.25, -0.2) is 14.1 Å². The van der Waals surface area contributed by atoms with Gasteiger partial charge in [-0.2, -0.15) is 0 Å². The molecule has 1 aromatic heterocycles. The van der Waals surface area contributed by atoms with Gasteiger partial charge >= 0.3 is 6.03 Å². The van der Waals surface area contributed by atoms with Crippen LogP contribution in [0.25, 0.3) is 0 Å². The average molecular weight is 493 g/mol. The molecule has 1 saturated heterocycles. The summed E-state index contributed by atoms with van der Waals surface area (Å²) >= 11 is 0. The number of hydrogen-bond acceptors (Lipinski definition) is 6. The molecular weight excluding hydrogens is 464 g/mol. The Balaban J connectivity index is 1.68. The van der Waals surface area contributed by atoms with Crippen molar-refractivity contribution < 1.29 is 29.0 Å². The second kappa shape index (κ2) is 10.6. The van der Waals surface area contributed by atoms with Crippen molar-refractivity contribution in [3.8, 4) is 5.75 Å². The Morgan fingerprint density at radius 3 is 2.28 bits per heavy atom. The summed E-state index contributed by atoms with van der Waals surface area (Å²) in [6, 6.07) is 15.8. The molecule has 10 heteroatoms. The van der Waals surface area contributed by atoms with Crippen molar-refractivity contribution in [2.24, 2.45) is 5.92 Å². The number of barbiturate groups is 1. The lowest BCUT2D eigenvalue weighted by molar-refractivity contribution is -0.621. The number of aromatic nitrogens is 2. The van der Waals surface area contributed by atoms with E-state index < -0.39 is 29.7 Å².